The van der Waals surface area contributed by atoms with Crippen molar-refractivity contribution in [2.45, 2.75) is 12.8 Å². The van der Waals surface area contributed by atoms with E-state index in [1.54, 1.807) is 0 Å². The molecule has 9 aromatic carbocycles. The van der Waals surface area contributed by atoms with Gasteiger partial charge in [0.25, 0.3) is 0 Å². The average Bonchev–Trinajstić information content (AvgIpc) is 3.59. The quantitative estimate of drug-likeness (QED) is 0.166. The molecule has 2 heteroatoms. The molecule has 0 spiro atoms. The molecular formula is C54H38N2. The molecule has 0 unspecified atom stereocenters. The molecule has 0 bridgehead atoms. The second-order valence-corrected chi connectivity index (χ2v) is 14.8. The summed E-state index contributed by atoms with van der Waals surface area (Å²) < 4.78 is 2.45. The van der Waals surface area contributed by atoms with Crippen molar-refractivity contribution in [3.8, 4) is 27.9 Å². The number of hydrogen-bond acceptors (Lipinski definition) is 1. The van der Waals surface area contributed by atoms with E-state index in [0.29, 0.717) is 0 Å². The summed E-state index contributed by atoms with van der Waals surface area (Å²) in [5.41, 5.74) is 14.6. The number of para-hydroxylation sites is 2. The van der Waals surface area contributed by atoms with E-state index in [4.69, 9.17) is 0 Å². The van der Waals surface area contributed by atoms with Crippen LogP contribution in [0.25, 0.3) is 77.4 Å². The summed E-state index contributed by atoms with van der Waals surface area (Å²) in [6.45, 7) is 0. The highest BCUT2D eigenvalue weighted by Gasteiger charge is 2.22. The summed E-state index contributed by atoms with van der Waals surface area (Å²) in [6.07, 6.45) is 6.76. The van der Waals surface area contributed by atoms with Gasteiger partial charge in [-0.15, -0.1) is 0 Å². The van der Waals surface area contributed by atoms with Crippen LogP contribution in [-0.2, 0) is 6.42 Å². The van der Waals surface area contributed by atoms with Crippen molar-refractivity contribution in [2.24, 2.45) is 0 Å². The summed E-state index contributed by atoms with van der Waals surface area (Å²) in [7, 11) is 0. The average molecular weight is 715 g/mol. The molecule has 0 saturated carbocycles. The minimum Gasteiger partial charge on any atom is -0.310 e. The molecule has 0 saturated heterocycles. The van der Waals surface area contributed by atoms with Crippen molar-refractivity contribution in [2.75, 3.05) is 4.90 Å². The number of hydrogen-bond donors (Lipinski definition) is 0. The SMILES string of the molecule is C1=Cc2c(N(c3ccc(-c4ccccc4)cc3)c3ccc(-c4ccccc4-n4c5ccccc5c5cc6ccccc6cc54)cc3)cc3ccccc3c2CC1. The van der Waals surface area contributed by atoms with Gasteiger partial charge in [0.2, 0.25) is 0 Å². The summed E-state index contributed by atoms with van der Waals surface area (Å²) >= 11 is 0. The van der Waals surface area contributed by atoms with E-state index in [0.717, 1.165) is 24.2 Å². The minimum absolute atomic E-state index is 1.04. The molecule has 0 fully saturated rings. The molecule has 264 valence electrons. The molecule has 10 aromatic rings. The van der Waals surface area contributed by atoms with Crippen molar-refractivity contribution in [1.82, 2.24) is 4.57 Å². The van der Waals surface area contributed by atoms with E-state index >= 15 is 0 Å². The fourth-order valence-corrected chi connectivity index (χ4v) is 8.97. The highest BCUT2D eigenvalue weighted by Crippen LogP contribution is 2.44. The Morgan fingerprint density at radius 1 is 0.429 bits per heavy atom. The lowest BCUT2D eigenvalue weighted by Gasteiger charge is -2.30. The van der Waals surface area contributed by atoms with Gasteiger partial charge in [0, 0.05) is 33.3 Å². The maximum atomic E-state index is 2.45. The van der Waals surface area contributed by atoms with Crippen LogP contribution < -0.4 is 4.90 Å². The largest absolute Gasteiger partial charge is 0.310 e. The molecule has 0 N–H and O–H groups in total. The third-order valence-electron chi connectivity index (χ3n) is 11.6. The number of allylic oxidation sites excluding steroid dienone is 1. The van der Waals surface area contributed by atoms with Crippen molar-refractivity contribution in [1.29, 1.82) is 0 Å². The van der Waals surface area contributed by atoms with E-state index in [2.05, 4.69) is 216 Å². The zero-order chi connectivity index (χ0) is 37.0. The molecule has 0 radical (unpaired) electrons. The maximum absolute atomic E-state index is 2.45. The maximum Gasteiger partial charge on any atom is 0.0547 e. The molecule has 1 aliphatic rings. The number of anilines is 3. The van der Waals surface area contributed by atoms with Crippen LogP contribution in [-0.4, -0.2) is 4.57 Å². The summed E-state index contributed by atoms with van der Waals surface area (Å²) in [5.74, 6) is 0. The van der Waals surface area contributed by atoms with Crippen LogP contribution in [0, 0.1) is 0 Å². The Labute approximate surface area is 326 Å². The van der Waals surface area contributed by atoms with E-state index in [1.165, 1.54) is 88.1 Å². The van der Waals surface area contributed by atoms with E-state index in [-0.39, 0.29) is 0 Å². The van der Waals surface area contributed by atoms with Gasteiger partial charge < -0.3 is 9.47 Å². The first-order chi connectivity index (χ1) is 27.8. The lowest BCUT2D eigenvalue weighted by atomic mass is 9.89. The first kappa shape index (κ1) is 32.3. The molecule has 2 nitrogen and oxygen atoms in total. The molecular weight excluding hydrogens is 677 g/mol. The van der Waals surface area contributed by atoms with E-state index in [1.807, 2.05) is 0 Å². The first-order valence-electron chi connectivity index (χ1n) is 19.6. The molecule has 0 aliphatic heterocycles. The Bertz CT molecular complexity index is 3110. The van der Waals surface area contributed by atoms with Gasteiger partial charge in [-0.2, -0.15) is 0 Å². The van der Waals surface area contributed by atoms with Gasteiger partial charge in [-0.1, -0.05) is 152 Å². The second kappa shape index (κ2) is 13.3. The Hall–Kier alpha value is -7.16. The van der Waals surface area contributed by atoms with Gasteiger partial charge in [0.1, 0.15) is 0 Å². The van der Waals surface area contributed by atoms with Crippen LogP contribution in [0.5, 0.6) is 0 Å². The Morgan fingerprint density at radius 3 is 1.82 bits per heavy atom. The topological polar surface area (TPSA) is 8.17 Å². The second-order valence-electron chi connectivity index (χ2n) is 14.8. The lowest BCUT2D eigenvalue weighted by molar-refractivity contribution is 0.995. The van der Waals surface area contributed by atoms with Crippen LogP contribution in [0.2, 0.25) is 0 Å². The Balaban J connectivity index is 1.07. The third kappa shape index (κ3) is 5.33. The molecule has 1 heterocycles. The number of aryl methyl sites for hydroxylation is 1. The highest BCUT2D eigenvalue weighted by molar-refractivity contribution is 6.14. The van der Waals surface area contributed by atoms with Gasteiger partial charge in [-0.25, -0.2) is 0 Å². The number of aromatic nitrogens is 1. The molecule has 0 amide bonds. The summed E-state index contributed by atoms with van der Waals surface area (Å²) in [6, 6.07) is 71.1. The third-order valence-corrected chi connectivity index (χ3v) is 11.6. The predicted octanol–water partition coefficient (Wildman–Crippen LogP) is 14.9. The van der Waals surface area contributed by atoms with Gasteiger partial charge in [0.05, 0.1) is 22.4 Å². The summed E-state index contributed by atoms with van der Waals surface area (Å²) in [5, 5.41) is 7.65. The van der Waals surface area contributed by atoms with Crippen LogP contribution in [0.3, 0.4) is 0 Å². The number of nitrogens with zero attached hydrogens (tertiary/aromatic N) is 2. The predicted molar refractivity (Wildman–Crippen MR) is 239 cm³/mol. The van der Waals surface area contributed by atoms with Gasteiger partial charge in [-0.05, 0) is 111 Å². The van der Waals surface area contributed by atoms with Gasteiger partial charge in [-0.3, -0.25) is 0 Å². The summed E-state index contributed by atoms with van der Waals surface area (Å²) in [4.78, 5) is 2.45. The van der Waals surface area contributed by atoms with E-state index < -0.39 is 0 Å². The number of fused-ring (bicyclic) bond motifs is 7. The molecule has 1 aromatic heterocycles. The monoisotopic (exact) mass is 714 g/mol. The highest BCUT2D eigenvalue weighted by atomic mass is 15.1. The smallest absolute Gasteiger partial charge is 0.0547 e. The lowest BCUT2D eigenvalue weighted by Crippen LogP contribution is -2.13. The fourth-order valence-electron chi connectivity index (χ4n) is 8.97. The minimum atomic E-state index is 1.04. The van der Waals surface area contributed by atoms with Crippen LogP contribution in [0.4, 0.5) is 17.1 Å². The molecule has 56 heavy (non-hydrogen) atoms. The zero-order valence-electron chi connectivity index (χ0n) is 30.9. The van der Waals surface area contributed by atoms with Crippen LogP contribution in [0.15, 0.2) is 200 Å². The Morgan fingerprint density at radius 2 is 1.04 bits per heavy atom. The first-order valence-corrected chi connectivity index (χ1v) is 19.6. The van der Waals surface area contributed by atoms with Crippen molar-refractivity contribution >= 4 is 66.5 Å². The van der Waals surface area contributed by atoms with Gasteiger partial charge in [0.15, 0.2) is 0 Å². The van der Waals surface area contributed by atoms with Crippen molar-refractivity contribution in [3.05, 3.63) is 211 Å². The number of rotatable bonds is 6. The number of benzene rings is 9. The zero-order valence-corrected chi connectivity index (χ0v) is 30.9. The van der Waals surface area contributed by atoms with E-state index in [9.17, 15) is 0 Å². The molecule has 0 atom stereocenters. The fraction of sp³-hybridized carbons (Fsp3) is 0.0370. The normalized spacial score (nSPS) is 12.4. The van der Waals surface area contributed by atoms with Crippen molar-refractivity contribution in [3.63, 3.8) is 0 Å². The van der Waals surface area contributed by atoms with Crippen molar-refractivity contribution < 1.29 is 0 Å². The van der Waals surface area contributed by atoms with Gasteiger partial charge >= 0.3 is 0 Å². The standard InChI is InChI=1S/C54H38N2/c1-2-14-37(15-3-1)38-26-30-43(31-27-38)55(53-36-42-18-6-7-19-45(42)47-21-8-9-22-48(47)53)44-32-28-39(29-33-44)46-20-10-12-24-51(46)56-52-25-13-11-23-49(52)50-34-40-16-4-5-17-41(40)35-54(50)56/h1-7,9-20,22-36H,8,21H2. The molecule has 11 rings (SSSR count). The molecule has 1 aliphatic carbocycles. The Kier molecular flexibility index (Phi) is 7.67. The van der Waals surface area contributed by atoms with Crippen LogP contribution >= 0.6 is 0 Å². The van der Waals surface area contributed by atoms with Crippen LogP contribution in [0.1, 0.15) is 17.5 Å².